The van der Waals surface area contributed by atoms with Gasteiger partial charge in [0.25, 0.3) is 17.1 Å². The molecule has 9 heterocycles. The van der Waals surface area contributed by atoms with Crippen molar-refractivity contribution in [2.75, 3.05) is 50.8 Å². The Hall–Kier alpha value is -5.15. The second-order valence-corrected chi connectivity index (χ2v) is 22.7. The third-order valence-electron chi connectivity index (χ3n) is 11.8. The molecule has 0 aliphatic carbocycles. The summed E-state index contributed by atoms with van der Waals surface area (Å²) in [6.45, 7) is -3.38. The number of hydrogen-bond acceptors (Lipinski definition) is 29. The number of anilines is 3. The Labute approximate surface area is 421 Å². The van der Waals surface area contributed by atoms with Crippen LogP contribution in [0, 0.1) is 0 Å². The largest absolute Gasteiger partial charge is 0.490 e. The van der Waals surface area contributed by atoms with Gasteiger partial charge in [-0.1, -0.05) is 4.98 Å². The van der Waals surface area contributed by atoms with Gasteiger partial charge in [0.05, 0.1) is 39.5 Å². The number of methoxy groups -OCH3 is 1. The van der Waals surface area contributed by atoms with Crippen LogP contribution >= 0.6 is 31.3 Å². The number of aryl methyl sites for hydroxylation is 1. The van der Waals surface area contributed by atoms with Gasteiger partial charge in [0, 0.05) is 14.2 Å². The van der Waals surface area contributed by atoms with Crippen LogP contribution < -0.4 is 32.5 Å². The summed E-state index contributed by atoms with van der Waals surface area (Å²) in [6, 6.07) is 0. The van der Waals surface area contributed by atoms with Crippen LogP contribution in [0.3, 0.4) is 0 Å². The normalized spacial score (nSPS) is 30.2. The highest BCUT2D eigenvalue weighted by Crippen LogP contribution is 2.68. The van der Waals surface area contributed by atoms with Crippen LogP contribution in [0.15, 0.2) is 34.9 Å². The highest BCUT2D eigenvalue weighted by Gasteiger charge is 2.54. The average Bonchev–Trinajstić information content (AvgIpc) is 4.19. The Kier molecular flexibility index (Phi) is 15.3. The van der Waals surface area contributed by atoms with Crippen LogP contribution in [-0.2, 0) is 71.0 Å². The van der Waals surface area contributed by atoms with Crippen LogP contribution in [0.1, 0.15) is 18.7 Å². The molecule has 9 rings (SSSR count). The number of nitrogens with one attached hydrogen (secondary N) is 3. The quantitative estimate of drug-likeness (QED) is 0.0254. The Balaban J connectivity index is 0.868. The zero-order chi connectivity index (χ0) is 55.0. The van der Waals surface area contributed by atoms with Crippen molar-refractivity contribution >= 4 is 82.5 Å². The molecule has 0 saturated carbocycles. The first-order valence-electron chi connectivity index (χ1n) is 21.6. The van der Waals surface area contributed by atoms with E-state index in [2.05, 4.69) is 53.8 Å². The van der Waals surface area contributed by atoms with E-state index >= 15 is 0 Å². The van der Waals surface area contributed by atoms with Crippen LogP contribution in [0.4, 0.5) is 17.7 Å². The molecule has 7 unspecified atom stereocenters. The van der Waals surface area contributed by atoms with Crippen molar-refractivity contribution in [3.8, 4) is 0 Å². The summed E-state index contributed by atoms with van der Waals surface area (Å²) < 4.78 is 109. The second kappa shape index (κ2) is 20.9. The van der Waals surface area contributed by atoms with Crippen molar-refractivity contribution in [3.63, 3.8) is 0 Å². The topological polar surface area (TPSA) is 548 Å². The van der Waals surface area contributed by atoms with Gasteiger partial charge in [0.2, 0.25) is 17.7 Å². The van der Waals surface area contributed by atoms with E-state index in [1.807, 2.05) is 0 Å². The predicted molar refractivity (Wildman–Crippen MR) is 244 cm³/mol. The van der Waals surface area contributed by atoms with Gasteiger partial charge in [-0.25, -0.2) is 42.8 Å². The maximum absolute atomic E-state index is 13.7. The summed E-state index contributed by atoms with van der Waals surface area (Å²) in [4.78, 5) is 96.2. The van der Waals surface area contributed by atoms with Crippen molar-refractivity contribution in [1.29, 1.82) is 0 Å². The van der Waals surface area contributed by atoms with Gasteiger partial charge in [0.1, 0.15) is 66.8 Å². The van der Waals surface area contributed by atoms with E-state index in [1.54, 1.807) is 0 Å². The van der Waals surface area contributed by atoms with Crippen molar-refractivity contribution in [2.24, 2.45) is 7.05 Å². The SMILES string of the molecule is CNc1ncnc2c1ncn2[C@@H]1O[C@H](COP(=O)(O)OP(=O)(O)OP(=O)(O)OC[C@@H]2O[C@H]([n+]3cn(C)c4c(=O)[nH]c(N)nc43)[C@H](O)C2O)C(OP(=O)(O)OC[C@H]2O[C@@H](n3cnc4c(=O)[nH]c(N)nc43)[C@@H](O)C2O)[C@@H]1OC. The van der Waals surface area contributed by atoms with Gasteiger partial charge < -0.3 is 75.7 Å². The van der Waals surface area contributed by atoms with Crippen LogP contribution in [0.2, 0.25) is 0 Å². The molecule has 0 bridgehead atoms. The van der Waals surface area contributed by atoms with Crippen molar-refractivity contribution in [2.45, 2.75) is 73.6 Å². The highest BCUT2D eigenvalue weighted by molar-refractivity contribution is 7.66. The molecule has 76 heavy (non-hydrogen) atoms. The number of phosphoric acid groups is 4. The summed E-state index contributed by atoms with van der Waals surface area (Å²) in [5.41, 5.74) is 9.73. The maximum Gasteiger partial charge on any atom is 0.490 e. The molecule has 16 atom stereocenters. The Morgan fingerprint density at radius 2 is 1.26 bits per heavy atom. The zero-order valence-corrected chi connectivity index (χ0v) is 42.5. The first-order valence-corrected chi connectivity index (χ1v) is 27.6. The minimum atomic E-state index is -6.20. The van der Waals surface area contributed by atoms with Gasteiger partial charge in [-0.2, -0.15) is 13.6 Å². The number of fused-ring (bicyclic) bond motifs is 3. The minimum Gasteiger partial charge on any atom is -0.387 e. The van der Waals surface area contributed by atoms with E-state index in [0.717, 1.165) is 28.9 Å². The molecule has 6 aromatic rings. The lowest BCUT2D eigenvalue weighted by atomic mass is 10.1. The summed E-state index contributed by atoms with van der Waals surface area (Å²) >= 11 is 0. The van der Waals surface area contributed by atoms with Gasteiger partial charge in [-0.05, 0) is 0 Å². The third kappa shape index (κ3) is 11.0. The molecular weight excluding hydrogens is 1110 g/mol. The van der Waals surface area contributed by atoms with E-state index in [0.29, 0.717) is 0 Å². The Morgan fingerprint density at radius 1 is 0.697 bits per heavy atom. The molecule has 43 heteroatoms. The van der Waals surface area contributed by atoms with E-state index in [4.69, 9.17) is 48.5 Å². The van der Waals surface area contributed by atoms with E-state index < -0.39 is 136 Å². The molecule has 416 valence electrons. The number of rotatable bonds is 20. The molecule has 0 aromatic carbocycles. The number of nitrogens with two attached hydrogens (primary N) is 2. The number of ether oxygens (including phenoxy) is 4. The number of aromatic amines is 2. The number of aliphatic hydroxyl groups excluding tert-OH is 4. The van der Waals surface area contributed by atoms with Crippen LogP contribution in [0.5, 0.6) is 0 Å². The fraction of sp³-hybridized carbons (Fsp3) is 0.545. The van der Waals surface area contributed by atoms with Gasteiger partial charge in [0.15, 0.2) is 41.4 Å². The molecule has 0 radical (unpaired) electrons. The molecule has 3 fully saturated rings. The molecule has 15 N–H and O–H groups in total. The fourth-order valence-electron chi connectivity index (χ4n) is 8.45. The summed E-state index contributed by atoms with van der Waals surface area (Å²) in [7, 11) is -19.4. The highest BCUT2D eigenvalue weighted by atomic mass is 31.3. The fourth-order valence-corrected chi connectivity index (χ4v) is 12.9. The zero-order valence-electron chi connectivity index (χ0n) is 38.9. The van der Waals surface area contributed by atoms with Crippen LogP contribution in [-0.4, -0.2) is 182 Å². The lowest BCUT2D eigenvalue weighted by Crippen LogP contribution is -2.46. The van der Waals surface area contributed by atoms with Gasteiger partial charge in [-0.3, -0.25) is 51.4 Å². The number of imidazole rings is 3. The number of H-pyrrole nitrogens is 2. The number of nitrogen functional groups attached to an aromatic ring is 2. The first kappa shape index (κ1) is 55.6. The predicted octanol–water partition coefficient (Wildman–Crippen LogP) is -4.25. The third-order valence-corrected chi connectivity index (χ3v) is 17.0. The molecular formula is C33H46N15O24P4+. The number of hydrogen-bond donors (Lipinski definition) is 13. The molecule has 3 aliphatic heterocycles. The van der Waals surface area contributed by atoms with E-state index in [1.165, 1.54) is 35.9 Å². The van der Waals surface area contributed by atoms with Gasteiger partial charge >= 0.3 is 36.9 Å². The second-order valence-electron chi connectivity index (χ2n) is 16.7. The number of aliphatic hydroxyl groups is 4. The summed E-state index contributed by atoms with van der Waals surface area (Å²) in [5, 5.41) is 46.0. The number of aromatic nitrogens is 12. The van der Waals surface area contributed by atoms with E-state index in [-0.39, 0.29) is 51.2 Å². The molecule has 39 nitrogen and oxygen atoms in total. The monoisotopic (exact) mass is 1160 g/mol. The number of phosphoric ester groups is 3. The lowest BCUT2D eigenvalue weighted by Gasteiger charge is -2.26. The van der Waals surface area contributed by atoms with Crippen molar-refractivity contribution in [3.05, 3.63) is 46.0 Å². The Morgan fingerprint density at radius 3 is 1.92 bits per heavy atom. The van der Waals surface area contributed by atoms with Crippen molar-refractivity contribution < 1.29 is 108 Å². The van der Waals surface area contributed by atoms with Crippen LogP contribution in [0.25, 0.3) is 33.5 Å². The van der Waals surface area contributed by atoms with E-state index in [9.17, 15) is 67.8 Å². The smallest absolute Gasteiger partial charge is 0.387 e. The molecule has 0 spiro atoms. The minimum absolute atomic E-state index is 0.0219. The maximum atomic E-state index is 13.7. The molecule has 0 amide bonds. The summed E-state index contributed by atoms with van der Waals surface area (Å²) in [5.74, 6) is -0.373. The standard InChI is InChI=1S/C33H45N15O24P4/c1-36-23-14-24(38-7-37-23)46(8-39-14)31-22(63-3)21(70-73(55,56)64-4-11-17(49)19(51)29(67-11)47-9-40-15-25(47)41-32(34)43-27(15)53)13(69-31)6-66-75(59,60)72-76(61,62)71-74(57,58)65-5-12-18(50)20(52)30(68-12)48-10-45(2)16-26(48)42-33(35)44-28(16)54/h7-13,17-22,29-31,49-52H,4-6H2,1-3H3,(H10-,34,35,36,37,38,41,42,43,44,53,54,55,56,57,58,59,60,61,62)/p+1/t11-,12+,13-,17?,18?,19+,20-,21?,22+,29-,30+,31-/m1/s1. The molecule has 3 saturated heterocycles. The molecule has 3 aliphatic rings. The number of nitrogens with zero attached hydrogens (tertiary/aromatic N) is 10. The Bertz CT molecular complexity index is 3490. The first-order chi connectivity index (χ1) is 35.7. The summed E-state index contributed by atoms with van der Waals surface area (Å²) in [6.07, 6.45) is -15.5. The average molecular weight is 1160 g/mol. The van der Waals surface area contributed by atoms with Gasteiger partial charge in [-0.15, -0.1) is 0 Å². The lowest BCUT2D eigenvalue weighted by molar-refractivity contribution is -0.745. The molecule has 6 aromatic heterocycles. The van der Waals surface area contributed by atoms with Crippen molar-refractivity contribution in [1.82, 2.24) is 53.6 Å².